The van der Waals surface area contributed by atoms with Gasteiger partial charge in [0.25, 0.3) is 0 Å². The number of nitrogens with zero attached hydrogens (tertiary/aromatic N) is 1. The maximum atomic E-state index is 12.0. The molecule has 4 nitrogen and oxygen atoms in total. The highest BCUT2D eigenvalue weighted by molar-refractivity contribution is 5.87. The van der Waals surface area contributed by atoms with Crippen molar-refractivity contribution in [3.63, 3.8) is 0 Å². The molecule has 0 saturated carbocycles. The number of hydrogen-bond acceptors (Lipinski definition) is 2. The SMILES string of the molecule is CCCC(C)CC(=O)N(C)Cc1ccc(C(=O)O)cc1. The van der Waals surface area contributed by atoms with Gasteiger partial charge in [-0.15, -0.1) is 0 Å². The van der Waals surface area contributed by atoms with Gasteiger partial charge in [0.05, 0.1) is 5.56 Å². The highest BCUT2D eigenvalue weighted by atomic mass is 16.4. The molecule has 0 aliphatic rings. The second-order valence-corrected chi connectivity index (χ2v) is 5.35. The highest BCUT2D eigenvalue weighted by Crippen LogP contribution is 2.13. The molecule has 0 heterocycles. The molecular weight excluding hydrogens is 254 g/mol. The van der Waals surface area contributed by atoms with Crippen molar-refractivity contribution in [1.82, 2.24) is 4.90 Å². The molecule has 0 spiro atoms. The van der Waals surface area contributed by atoms with Gasteiger partial charge in [-0.25, -0.2) is 4.79 Å². The molecule has 1 aromatic carbocycles. The second-order valence-electron chi connectivity index (χ2n) is 5.35. The van der Waals surface area contributed by atoms with E-state index in [0.29, 0.717) is 18.9 Å². The summed E-state index contributed by atoms with van der Waals surface area (Å²) in [5.74, 6) is -0.396. The topological polar surface area (TPSA) is 57.6 Å². The van der Waals surface area contributed by atoms with Crippen molar-refractivity contribution >= 4 is 11.9 Å². The minimum Gasteiger partial charge on any atom is -0.478 e. The molecule has 1 atom stereocenters. The summed E-state index contributed by atoms with van der Waals surface area (Å²) in [5, 5.41) is 8.83. The monoisotopic (exact) mass is 277 g/mol. The van der Waals surface area contributed by atoms with Gasteiger partial charge in [0.1, 0.15) is 0 Å². The van der Waals surface area contributed by atoms with Gasteiger partial charge < -0.3 is 10.0 Å². The Morgan fingerprint density at radius 2 is 1.85 bits per heavy atom. The van der Waals surface area contributed by atoms with Crippen LogP contribution >= 0.6 is 0 Å². The molecule has 1 rings (SSSR count). The van der Waals surface area contributed by atoms with Gasteiger partial charge in [-0.2, -0.15) is 0 Å². The fourth-order valence-corrected chi connectivity index (χ4v) is 2.16. The lowest BCUT2D eigenvalue weighted by Gasteiger charge is -2.19. The van der Waals surface area contributed by atoms with Crippen LogP contribution in [0.1, 0.15) is 49.0 Å². The Bertz CT molecular complexity index is 453. The number of carbonyl (C=O) groups excluding carboxylic acids is 1. The van der Waals surface area contributed by atoms with Crippen LogP contribution in [0, 0.1) is 5.92 Å². The van der Waals surface area contributed by atoms with Crippen LogP contribution in [0.5, 0.6) is 0 Å². The van der Waals surface area contributed by atoms with Gasteiger partial charge in [0, 0.05) is 20.0 Å². The van der Waals surface area contributed by atoms with Crippen molar-refractivity contribution in [2.75, 3.05) is 7.05 Å². The van der Waals surface area contributed by atoms with E-state index < -0.39 is 5.97 Å². The third-order valence-corrected chi connectivity index (χ3v) is 3.35. The zero-order chi connectivity index (χ0) is 15.1. The van der Waals surface area contributed by atoms with Crippen molar-refractivity contribution in [1.29, 1.82) is 0 Å². The minimum absolute atomic E-state index is 0.133. The van der Waals surface area contributed by atoms with Crippen LogP contribution in [0.2, 0.25) is 0 Å². The highest BCUT2D eigenvalue weighted by Gasteiger charge is 2.13. The van der Waals surface area contributed by atoms with Crippen molar-refractivity contribution in [2.24, 2.45) is 5.92 Å². The van der Waals surface area contributed by atoms with E-state index in [1.54, 1.807) is 36.2 Å². The number of hydrogen-bond donors (Lipinski definition) is 1. The molecule has 0 aliphatic heterocycles. The largest absolute Gasteiger partial charge is 0.478 e. The summed E-state index contributed by atoms with van der Waals surface area (Å²) in [6.45, 7) is 4.73. The van der Waals surface area contributed by atoms with E-state index in [4.69, 9.17) is 5.11 Å². The predicted molar refractivity (Wildman–Crippen MR) is 78.6 cm³/mol. The predicted octanol–water partition coefficient (Wildman–Crippen LogP) is 3.17. The number of carboxylic acid groups (broad SMARTS) is 1. The van der Waals surface area contributed by atoms with E-state index in [0.717, 1.165) is 18.4 Å². The van der Waals surface area contributed by atoms with Crippen molar-refractivity contribution in [3.05, 3.63) is 35.4 Å². The average Bonchev–Trinajstić information content (AvgIpc) is 2.39. The van der Waals surface area contributed by atoms with Crippen LogP contribution < -0.4 is 0 Å². The average molecular weight is 277 g/mol. The van der Waals surface area contributed by atoms with E-state index >= 15 is 0 Å². The molecule has 0 aromatic heterocycles. The lowest BCUT2D eigenvalue weighted by Crippen LogP contribution is -2.27. The van der Waals surface area contributed by atoms with E-state index in [9.17, 15) is 9.59 Å². The first kappa shape index (κ1) is 16.2. The Morgan fingerprint density at radius 3 is 2.35 bits per heavy atom. The number of rotatable bonds is 7. The molecule has 1 amide bonds. The smallest absolute Gasteiger partial charge is 0.335 e. The second kappa shape index (κ2) is 7.68. The Labute approximate surface area is 120 Å². The molecule has 1 aromatic rings. The molecule has 0 fully saturated rings. The third kappa shape index (κ3) is 5.03. The summed E-state index contributed by atoms with van der Waals surface area (Å²) >= 11 is 0. The molecule has 1 N–H and O–H groups in total. The summed E-state index contributed by atoms with van der Waals surface area (Å²) < 4.78 is 0. The van der Waals surface area contributed by atoms with Gasteiger partial charge in [-0.1, -0.05) is 38.8 Å². The van der Waals surface area contributed by atoms with E-state index in [-0.39, 0.29) is 11.5 Å². The maximum Gasteiger partial charge on any atom is 0.335 e. The van der Waals surface area contributed by atoms with Gasteiger partial charge in [0.2, 0.25) is 5.91 Å². The van der Waals surface area contributed by atoms with E-state index in [1.807, 2.05) is 0 Å². The summed E-state index contributed by atoms with van der Waals surface area (Å²) in [5.41, 5.74) is 1.20. The number of carbonyl (C=O) groups is 2. The van der Waals surface area contributed by atoms with Crippen molar-refractivity contribution in [2.45, 2.75) is 39.7 Å². The van der Waals surface area contributed by atoms with Crippen molar-refractivity contribution < 1.29 is 14.7 Å². The summed E-state index contributed by atoms with van der Waals surface area (Å²) in [7, 11) is 1.78. The normalized spacial score (nSPS) is 11.9. The fraction of sp³-hybridized carbons (Fsp3) is 0.500. The zero-order valence-corrected chi connectivity index (χ0v) is 12.4. The first-order valence-electron chi connectivity index (χ1n) is 7.00. The number of benzene rings is 1. The van der Waals surface area contributed by atoms with Crippen LogP contribution in [0.4, 0.5) is 0 Å². The molecule has 0 aliphatic carbocycles. The lowest BCUT2D eigenvalue weighted by molar-refractivity contribution is -0.131. The zero-order valence-electron chi connectivity index (χ0n) is 12.4. The van der Waals surface area contributed by atoms with Gasteiger partial charge in [-0.05, 0) is 23.6 Å². The van der Waals surface area contributed by atoms with Crippen LogP contribution in [-0.4, -0.2) is 28.9 Å². The molecule has 20 heavy (non-hydrogen) atoms. The number of aromatic carboxylic acids is 1. The standard InChI is InChI=1S/C16H23NO3/c1-4-5-12(2)10-15(18)17(3)11-13-6-8-14(9-7-13)16(19)20/h6-9,12H,4-5,10-11H2,1-3H3,(H,19,20). The maximum absolute atomic E-state index is 12.0. The number of amides is 1. The fourth-order valence-electron chi connectivity index (χ4n) is 2.16. The Morgan fingerprint density at radius 1 is 1.25 bits per heavy atom. The Kier molecular flexibility index (Phi) is 6.22. The molecule has 0 bridgehead atoms. The molecule has 1 unspecified atom stereocenters. The summed E-state index contributed by atoms with van der Waals surface area (Å²) in [6, 6.07) is 6.64. The number of carboxylic acids is 1. The van der Waals surface area contributed by atoms with Crippen LogP contribution in [0.15, 0.2) is 24.3 Å². The van der Waals surface area contributed by atoms with Gasteiger partial charge >= 0.3 is 5.97 Å². The van der Waals surface area contributed by atoms with E-state index in [2.05, 4.69) is 13.8 Å². The van der Waals surface area contributed by atoms with Gasteiger partial charge in [0.15, 0.2) is 0 Å². The summed E-state index contributed by atoms with van der Waals surface area (Å²) in [4.78, 5) is 24.5. The first-order chi connectivity index (χ1) is 9.43. The minimum atomic E-state index is -0.936. The van der Waals surface area contributed by atoms with Crippen LogP contribution in [0.3, 0.4) is 0 Å². The van der Waals surface area contributed by atoms with Gasteiger partial charge in [-0.3, -0.25) is 4.79 Å². The van der Waals surface area contributed by atoms with E-state index in [1.165, 1.54) is 0 Å². The quantitative estimate of drug-likeness (QED) is 0.832. The molecule has 0 saturated heterocycles. The first-order valence-corrected chi connectivity index (χ1v) is 7.00. The molecule has 4 heteroatoms. The lowest BCUT2D eigenvalue weighted by atomic mass is 10.0. The Hall–Kier alpha value is -1.84. The van der Waals surface area contributed by atoms with Crippen LogP contribution in [-0.2, 0) is 11.3 Å². The van der Waals surface area contributed by atoms with Crippen LogP contribution in [0.25, 0.3) is 0 Å². The molecule has 0 radical (unpaired) electrons. The third-order valence-electron chi connectivity index (χ3n) is 3.35. The van der Waals surface area contributed by atoms with Crippen molar-refractivity contribution in [3.8, 4) is 0 Å². The molecular formula is C16H23NO3. The summed E-state index contributed by atoms with van der Waals surface area (Å²) in [6.07, 6.45) is 2.72. The Balaban J connectivity index is 2.54. The molecule has 110 valence electrons.